The van der Waals surface area contributed by atoms with Crippen LogP contribution in [0.2, 0.25) is 0 Å². The number of benzene rings is 1. The minimum atomic E-state index is -0.713. The van der Waals surface area contributed by atoms with Crippen LogP contribution in [0.3, 0.4) is 0 Å². The van der Waals surface area contributed by atoms with E-state index in [1.807, 2.05) is 0 Å². The molecule has 0 radical (unpaired) electrons. The average molecular weight is 469 g/mol. The summed E-state index contributed by atoms with van der Waals surface area (Å²) in [4.78, 5) is 40.8. The summed E-state index contributed by atoms with van der Waals surface area (Å²) in [6.07, 6.45) is 3.00. The highest BCUT2D eigenvalue weighted by atomic mass is 32.2. The van der Waals surface area contributed by atoms with E-state index in [4.69, 9.17) is 18.6 Å². The molecule has 3 aromatic rings. The van der Waals surface area contributed by atoms with Gasteiger partial charge in [-0.25, -0.2) is 9.78 Å². The number of anilines is 1. The van der Waals surface area contributed by atoms with Crippen molar-refractivity contribution in [2.24, 2.45) is 0 Å². The van der Waals surface area contributed by atoms with Crippen LogP contribution in [0, 0.1) is 0 Å². The highest BCUT2D eigenvalue weighted by Gasteiger charge is 2.18. The Morgan fingerprint density at radius 1 is 1.06 bits per heavy atom. The van der Waals surface area contributed by atoms with Gasteiger partial charge in [0.15, 0.2) is 18.1 Å². The molecule has 3 heterocycles. The average Bonchev–Trinajstić information content (AvgIpc) is 3.51. The number of esters is 1. The molecule has 10 nitrogen and oxygen atoms in total. The quantitative estimate of drug-likeness (QED) is 0.359. The largest absolute Gasteiger partial charge is 0.467 e. The van der Waals surface area contributed by atoms with Gasteiger partial charge in [-0.3, -0.25) is 9.59 Å². The Hall–Kier alpha value is -3.99. The van der Waals surface area contributed by atoms with Gasteiger partial charge >= 0.3 is 5.97 Å². The summed E-state index contributed by atoms with van der Waals surface area (Å²) < 4.78 is 20.7. The van der Waals surface area contributed by atoms with Crippen LogP contribution in [0.15, 0.2) is 64.4 Å². The summed E-state index contributed by atoms with van der Waals surface area (Å²) in [5.41, 5.74) is 0.725. The fourth-order valence-corrected chi connectivity index (χ4v) is 3.61. The van der Waals surface area contributed by atoms with Crippen LogP contribution in [0.5, 0.6) is 11.5 Å². The first-order valence-electron chi connectivity index (χ1n) is 9.82. The van der Waals surface area contributed by atoms with E-state index in [1.165, 1.54) is 18.5 Å². The summed E-state index contributed by atoms with van der Waals surface area (Å²) in [6.45, 7) is -0.119. The lowest BCUT2D eigenvalue weighted by molar-refractivity contribution is -0.124. The maximum Gasteiger partial charge on any atom is 0.341 e. The lowest BCUT2D eigenvalue weighted by Gasteiger charge is -2.09. The Bertz CT molecular complexity index is 1150. The van der Waals surface area contributed by atoms with E-state index in [0.717, 1.165) is 11.8 Å². The molecule has 2 N–H and O–H groups in total. The Labute approximate surface area is 192 Å². The molecule has 0 spiro atoms. The van der Waals surface area contributed by atoms with Crippen molar-refractivity contribution in [2.45, 2.75) is 11.6 Å². The number of amides is 2. The van der Waals surface area contributed by atoms with Crippen molar-refractivity contribution in [2.75, 3.05) is 24.5 Å². The normalized spacial score (nSPS) is 11.6. The van der Waals surface area contributed by atoms with Gasteiger partial charge < -0.3 is 29.3 Å². The summed E-state index contributed by atoms with van der Waals surface area (Å²) in [7, 11) is 0. The van der Waals surface area contributed by atoms with Gasteiger partial charge in [0.05, 0.1) is 24.1 Å². The smallest absolute Gasteiger partial charge is 0.341 e. The molecule has 0 aliphatic carbocycles. The van der Waals surface area contributed by atoms with Crippen molar-refractivity contribution < 1.29 is 33.0 Å². The van der Waals surface area contributed by atoms with E-state index in [2.05, 4.69) is 15.6 Å². The number of hydrogen-bond donors (Lipinski definition) is 2. The van der Waals surface area contributed by atoms with Gasteiger partial charge in [-0.15, -0.1) is 0 Å². The summed E-state index contributed by atoms with van der Waals surface area (Å²) in [5, 5.41) is 5.66. The van der Waals surface area contributed by atoms with Crippen LogP contribution < -0.4 is 20.1 Å². The molecule has 1 aliphatic heterocycles. The molecule has 2 amide bonds. The van der Waals surface area contributed by atoms with Gasteiger partial charge in [0.1, 0.15) is 10.8 Å². The number of carbonyl (C=O) groups is 3. The topological polar surface area (TPSA) is 129 Å². The van der Waals surface area contributed by atoms with Crippen LogP contribution >= 0.6 is 11.8 Å². The van der Waals surface area contributed by atoms with Crippen LogP contribution in [0.4, 0.5) is 5.69 Å². The second kappa shape index (κ2) is 10.6. The molecule has 1 aromatic carbocycles. The molecule has 1 aliphatic rings. The summed E-state index contributed by atoms with van der Waals surface area (Å²) in [6, 6.07) is 11.6. The molecule has 2 aromatic heterocycles. The highest BCUT2D eigenvalue weighted by molar-refractivity contribution is 8.00. The van der Waals surface area contributed by atoms with Crippen LogP contribution in [0.1, 0.15) is 16.1 Å². The van der Waals surface area contributed by atoms with Crippen LogP contribution in [-0.2, 0) is 20.9 Å². The minimum absolute atomic E-state index is 0.00929. The fraction of sp³-hybridized carbons (Fsp3) is 0.182. The molecule has 11 heteroatoms. The predicted octanol–water partition coefficient (Wildman–Crippen LogP) is 2.61. The van der Waals surface area contributed by atoms with E-state index < -0.39 is 18.5 Å². The summed E-state index contributed by atoms with van der Waals surface area (Å²) in [5.74, 6) is 0.295. The number of nitrogens with one attached hydrogen (secondary N) is 2. The predicted molar refractivity (Wildman–Crippen MR) is 117 cm³/mol. The zero-order valence-corrected chi connectivity index (χ0v) is 18.1. The molecular formula is C22H19N3O7S. The number of pyridine rings is 1. The molecule has 0 unspecified atom stereocenters. The molecule has 4 rings (SSSR count). The standard InChI is InChI=1S/C22H19N3O7S/c26-19(24-10-15-3-2-8-29-15)11-30-22(28)16-4-1-7-23-21(16)33-12-20(27)25-14-5-6-17-18(9-14)32-13-31-17/h1-9H,10-13H2,(H,24,26)(H,25,27). The van der Waals surface area contributed by atoms with E-state index in [-0.39, 0.29) is 30.6 Å². The third-order valence-corrected chi connectivity index (χ3v) is 5.37. The van der Waals surface area contributed by atoms with Gasteiger partial charge in [0, 0.05) is 18.0 Å². The van der Waals surface area contributed by atoms with Crippen molar-refractivity contribution in [1.82, 2.24) is 10.3 Å². The number of rotatable bonds is 9. The van der Waals surface area contributed by atoms with Gasteiger partial charge in [-0.2, -0.15) is 0 Å². The maximum atomic E-state index is 12.4. The molecule has 0 saturated heterocycles. The van der Waals surface area contributed by atoms with Crippen LogP contribution in [-0.4, -0.2) is 41.9 Å². The second-order valence-electron chi connectivity index (χ2n) is 6.69. The van der Waals surface area contributed by atoms with E-state index in [0.29, 0.717) is 28.0 Å². The number of thioether (sulfide) groups is 1. The van der Waals surface area contributed by atoms with E-state index in [1.54, 1.807) is 36.4 Å². The van der Waals surface area contributed by atoms with Gasteiger partial charge in [-0.1, -0.05) is 11.8 Å². The highest BCUT2D eigenvalue weighted by Crippen LogP contribution is 2.34. The Balaban J connectivity index is 1.27. The minimum Gasteiger partial charge on any atom is -0.467 e. The molecule has 0 bridgehead atoms. The Morgan fingerprint density at radius 3 is 2.79 bits per heavy atom. The lowest BCUT2D eigenvalue weighted by atomic mass is 10.3. The first-order chi connectivity index (χ1) is 16.1. The zero-order chi connectivity index (χ0) is 23.0. The third-order valence-electron chi connectivity index (χ3n) is 4.36. The Morgan fingerprint density at radius 2 is 1.94 bits per heavy atom. The number of fused-ring (bicyclic) bond motifs is 1. The molecular weight excluding hydrogens is 450 g/mol. The van der Waals surface area contributed by atoms with Gasteiger partial charge in [0.25, 0.3) is 5.91 Å². The number of carbonyl (C=O) groups excluding carboxylic acids is 3. The number of hydrogen-bond acceptors (Lipinski definition) is 9. The second-order valence-corrected chi connectivity index (χ2v) is 7.66. The van der Waals surface area contributed by atoms with E-state index in [9.17, 15) is 14.4 Å². The van der Waals surface area contributed by atoms with Gasteiger partial charge in [0.2, 0.25) is 12.7 Å². The monoisotopic (exact) mass is 469 g/mol. The van der Waals surface area contributed by atoms with Crippen molar-refractivity contribution in [1.29, 1.82) is 0 Å². The van der Waals surface area contributed by atoms with Crippen molar-refractivity contribution in [3.63, 3.8) is 0 Å². The summed E-state index contributed by atoms with van der Waals surface area (Å²) >= 11 is 1.08. The first-order valence-corrected chi connectivity index (χ1v) is 10.8. The van der Waals surface area contributed by atoms with Crippen molar-refractivity contribution in [3.8, 4) is 11.5 Å². The molecule has 33 heavy (non-hydrogen) atoms. The van der Waals surface area contributed by atoms with Crippen molar-refractivity contribution in [3.05, 3.63) is 66.2 Å². The SMILES string of the molecule is O=C(COC(=O)c1cccnc1SCC(=O)Nc1ccc2c(c1)OCO2)NCc1ccco1. The van der Waals surface area contributed by atoms with Crippen LogP contribution in [0.25, 0.3) is 0 Å². The Kier molecular flexibility index (Phi) is 7.10. The third kappa shape index (κ3) is 6.04. The number of aromatic nitrogens is 1. The van der Waals surface area contributed by atoms with Crippen molar-refractivity contribution >= 4 is 35.2 Å². The fourth-order valence-electron chi connectivity index (χ4n) is 2.83. The zero-order valence-electron chi connectivity index (χ0n) is 17.2. The first kappa shape index (κ1) is 22.2. The maximum absolute atomic E-state index is 12.4. The molecule has 0 fully saturated rings. The molecule has 0 saturated carbocycles. The van der Waals surface area contributed by atoms with Gasteiger partial charge in [-0.05, 0) is 36.4 Å². The number of furan rings is 1. The molecule has 170 valence electrons. The lowest BCUT2D eigenvalue weighted by Crippen LogP contribution is -2.28. The number of ether oxygens (including phenoxy) is 3. The molecule has 0 atom stereocenters. The number of nitrogens with zero attached hydrogens (tertiary/aromatic N) is 1. The van der Waals surface area contributed by atoms with E-state index >= 15 is 0 Å².